The lowest BCUT2D eigenvalue weighted by Gasteiger charge is -2.23. The summed E-state index contributed by atoms with van der Waals surface area (Å²) in [7, 11) is 0. The van der Waals surface area contributed by atoms with Gasteiger partial charge in [-0.05, 0) is 43.9 Å². The second-order valence-corrected chi connectivity index (χ2v) is 6.71. The lowest BCUT2D eigenvalue weighted by Crippen LogP contribution is -2.30. The summed E-state index contributed by atoms with van der Waals surface area (Å²) in [5.41, 5.74) is 0.794. The maximum absolute atomic E-state index is 12.7. The lowest BCUT2D eigenvalue weighted by molar-refractivity contribution is -0.127. The van der Waals surface area contributed by atoms with Crippen LogP contribution in [0.3, 0.4) is 0 Å². The fourth-order valence-electron chi connectivity index (χ4n) is 3.78. The Morgan fingerprint density at radius 2 is 2.08 bits per heavy atom. The van der Waals surface area contributed by atoms with E-state index in [0.29, 0.717) is 0 Å². The molecule has 1 saturated heterocycles. The third-order valence-corrected chi connectivity index (χ3v) is 5.06. The molecule has 4 heterocycles. The van der Waals surface area contributed by atoms with E-state index in [0.717, 1.165) is 56.1 Å². The number of carbonyl (C=O) groups is 1. The Hall–Kier alpha value is -2.50. The molecule has 4 rings (SSSR count). The molecular weight excluding hydrogens is 314 g/mol. The van der Waals surface area contributed by atoms with Crippen LogP contribution in [-0.2, 0) is 17.8 Å². The first-order valence-electron chi connectivity index (χ1n) is 9.14. The van der Waals surface area contributed by atoms with Crippen LogP contribution in [0.15, 0.2) is 30.5 Å². The SMILES string of the molecule is O=C(/C=C/c1ccccn1)N1CCCC1c1nnc2n1CCCCC2. The van der Waals surface area contributed by atoms with Gasteiger partial charge in [0.2, 0.25) is 5.91 Å². The van der Waals surface area contributed by atoms with Gasteiger partial charge >= 0.3 is 0 Å². The number of nitrogens with zero attached hydrogens (tertiary/aromatic N) is 5. The minimum atomic E-state index is 0.0270. The van der Waals surface area contributed by atoms with Gasteiger partial charge in [0.05, 0.1) is 11.7 Å². The van der Waals surface area contributed by atoms with Gasteiger partial charge in [0.15, 0.2) is 5.82 Å². The highest BCUT2D eigenvalue weighted by Crippen LogP contribution is 2.32. The number of amides is 1. The van der Waals surface area contributed by atoms with E-state index in [9.17, 15) is 4.79 Å². The van der Waals surface area contributed by atoms with Crippen molar-refractivity contribution in [1.82, 2.24) is 24.6 Å². The molecule has 2 aromatic heterocycles. The third-order valence-electron chi connectivity index (χ3n) is 5.06. The molecule has 6 nitrogen and oxygen atoms in total. The van der Waals surface area contributed by atoms with E-state index in [2.05, 4.69) is 19.7 Å². The average molecular weight is 337 g/mol. The van der Waals surface area contributed by atoms with Gasteiger partial charge in [-0.15, -0.1) is 10.2 Å². The molecule has 2 aliphatic heterocycles. The van der Waals surface area contributed by atoms with Crippen molar-refractivity contribution in [1.29, 1.82) is 0 Å². The number of hydrogen-bond donors (Lipinski definition) is 0. The molecule has 0 radical (unpaired) electrons. The van der Waals surface area contributed by atoms with E-state index < -0.39 is 0 Å². The van der Waals surface area contributed by atoms with E-state index in [1.807, 2.05) is 23.1 Å². The van der Waals surface area contributed by atoms with Crippen LogP contribution in [0.5, 0.6) is 0 Å². The highest BCUT2D eigenvalue weighted by molar-refractivity contribution is 5.92. The summed E-state index contributed by atoms with van der Waals surface area (Å²) in [5, 5.41) is 8.85. The highest BCUT2D eigenvalue weighted by Gasteiger charge is 2.33. The maximum Gasteiger partial charge on any atom is 0.247 e. The van der Waals surface area contributed by atoms with Crippen molar-refractivity contribution < 1.29 is 4.79 Å². The molecule has 2 aromatic rings. The molecule has 0 aromatic carbocycles. The first-order chi connectivity index (χ1) is 12.3. The largest absolute Gasteiger partial charge is 0.329 e. The number of aryl methyl sites for hydroxylation is 1. The molecule has 1 atom stereocenters. The van der Waals surface area contributed by atoms with Gasteiger partial charge < -0.3 is 9.47 Å². The van der Waals surface area contributed by atoms with Gasteiger partial charge in [0.1, 0.15) is 5.82 Å². The molecule has 2 aliphatic rings. The van der Waals surface area contributed by atoms with Gasteiger partial charge in [-0.2, -0.15) is 0 Å². The minimum Gasteiger partial charge on any atom is -0.329 e. The number of hydrogen-bond acceptors (Lipinski definition) is 4. The van der Waals surface area contributed by atoms with Crippen LogP contribution in [0.25, 0.3) is 6.08 Å². The zero-order chi connectivity index (χ0) is 17.1. The number of aromatic nitrogens is 4. The number of carbonyl (C=O) groups excluding carboxylic acids is 1. The van der Waals surface area contributed by atoms with Crippen LogP contribution in [0.1, 0.15) is 55.5 Å². The molecule has 1 fully saturated rings. The van der Waals surface area contributed by atoms with Crippen LogP contribution in [-0.4, -0.2) is 37.1 Å². The standard InChI is InChI=1S/C19H23N5O/c25-18(11-10-15-7-3-4-12-20-15)23-14-6-8-16(23)19-22-21-17-9-2-1-5-13-24(17)19/h3-4,7,10-12,16H,1-2,5-6,8-9,13-14H2/b11-10+. The zero-order valence-corrected chi connectivity index (χ0v) is 14.3. The first-order valence-corrected chi connectivity index (χ1v) is 9.14. The molecule has 0 saturated carbocycles. The van der Waals surface area contributed by atoms with Crippen LogP contribution >= 0.6 is 0 Å². The quantitative estimate of drug-likeness (QED) is 0.808. The Balaban J connectivity index is 1.54. The lowest BCUT2D eigenvalue weighted by atomic mass is 10.2. The molecule has 6 heteroatoms. The number of fused-ring (bicyclic) bond motifs is 1. The van der Waals surface area contributed by atoms with Crippen molar-refractivity contribution in [2.24, 2.45) is 0 Å². The summed E-state index contributed by atoms with van der Waals surface area (Å²) in [4.78, 5) is 18.9. The monoisotopic (exact) mass is 337 g/mol. The van der Waals surface area contributed by atoms with Crippen molar-refractivity contribution in [2.45, 2.75) is 51.1 Å². The van der Waals surface area contributed by atoms with Crippen LogP contribution < -0.4 is 0 Å². The van der Waals surface area contributed by atoms with Crippen molar-refractivity contribution in [3.8, 4) is 0 Å². The summed E-state index contributed by atoms with van der Waals surface area (Å²) < 4.78 is 2.26. The normalized spacial score (nSPS) is 20.6. The fraction of sp³-hybridized carbons (Fsp3) is 0.474. The van der Waals surface area contributed by atoms with E-state index in [-0.39, 0.29) is 11.9 Å². The average Bonchev–Trinajstić information content (AvgIpc) is 3.21. The smallest absolute Gasteiger partial charge is 0.247 e. The minimum absolute atomic E-state index is 0.0270. The first kappa shape index (κ1) is 16.0. The van der Waals surface area contributed by atoms with Gasteiger partial charge in [-0.25, -0.2) is 0 Å². The molecule has 0 aliphatic carbocycles. The summed E-state index contributed by atoms with van der Waals surface area (Å²) in [6.45, 7) is 1.75. The highest BCUT2D eigenvalue weighted by atomic mass is 16.2. The Morgan fingerprint density at radius 3 is 2.96 bits per heavy atom. The van der Waals surface area contributed by atoms with E-state index >= 15 is 0 Å². The molecule has 130 valence electrons. The van der Waals surface area contributed by atoms with Gasteiger partial charge in [-0.1, -0.05) is 12.5 Å². The van der Waals surface area contributed by atoms with Gasteiger partial charge in [0, 0.05) is 31.8 Å². The zero-order valence-electron chi connectivity index (χ0n) is 14.3. The predicted octanol–water partition coefficient (Wildman–Crippen LogP) is 2.78. The van der Waals surface area contributed by atoms with Crippen molar-refractivity contribution >= 4 is 12.0 Å². The predicted molar refractivity (Wildman–Crippen MR) is 94.5 cm³/mol. The summed E-state index contributed by atoms with van der Waals surface area (Å²) in [5.74, 6) is 2.07. The van der Waals surface area contributed by atoms with Gasteiger partial charge in [0.25, 0.3) is 0 Å². The molecule has 1 unspecified atom stereocenters. The van der Waals surface area contributed by atoms with E-state index in [4.69, 9.17) is 0 Å². The summed E-state index contributed by atoms with van der Waals surface area (Å²) in [6, 6.07) is 5.72. The fourth-order valence-corrected chi connectivity index (χ4v) is 3.78. The van der Waals surface area contributed by atoms with Crippen molar-refractivity contribution in [3.63, 3.8) is 0 Å². The Labute approximate surface area is 147 Å². The van der Waals surface area contributed by atoms with Crippen molar-refractivity contribution in [3.05, 3.63) is 47.8 Å². The number of pyridine rings is 1. The Morgan fingerprint density at radius 1 is 1.12 bits per heavy atom. The summed E-state index contributed by atoms with van der Waals surface area (Å²) >= 11 is 0. The molecule has 25 heavy (non-hydrogen) atoms. The Bertz CT molecular complexity index is 767. The third kappa shape index (κ3) is 3.34. The van der Waals surface area contributed by atoms with Crippen LogP contribution in [0, 0.1) is 0 Å². The number of likely N-dealkylation sites (tertiary alicyclic amines) is 1. The Kier molecular flexibility index (Phi) is 4.59. The second-order valence-electron chi connectivity index (χ2n) is 6.71. The second kappa shape index (κ2) is 7.17. The van der Waals surface area contributed by atoms with E-state index in [1.54, 1.807) is 18.3 Å². The molecule has 0 bridgehead atoms. The van der Waals surface area contributed by atoms with Crippen molar-refractivity contribution in [2.75, 3.05) is 6.54 Å². The molecule has 0 spiro atoms. The molecule has 1 amide bonds. The van der Waals surface area contributed by atoms with E-state index in [1.165, 1.54) is 12.8 Å². The topological polar surface area (TPSA) is 63.9 Å². The maximum atomic E-state index is 12.7. The van der Waals surface area contributed by atoms with Gasteiger partial charge in [-0.3, -0.25) is 9.78 Å². The number of rotatable bonds is 3. The van der Waals surface area contributed by atoms with Crippen LogP contribution in [0.2, 0.25) is 0 Å². The molecular formula is C19H23N5O. The summed E-state index contributed by atoms with van der Waals surface area (Å²) in [6.07, 6.45) is 11.7. The van der Waals surface area contributed by atoms with Crippen LogP contribution in [0.4, 0.5) is 0 Å². The molecule has 0 N–H and O–H groups in total.